The highest BCUT2D eigenvalue weighted by Crippen LogP contribution is 2.32. The summed E-state index contributed by atoms with van der Waals surface area (Å²) in [5.74, 6) is -0.821. The third-order valence-electron chi connectivity index (χ3n) is 3.31. The molecule has 0 aromatic carbocycles. The van der Waals surface area contributed by atoms with E-state index in [-0.39, 0.29) is 16.4 Å². The highest BCUT2D eigenvalue weighted by atomic mass is 35.5. The van der Waals surface area contributed by atoms with Crippen LogP contribution in [0.4, 0.5) is 4.79 Å². The Morgan fingerprint density at radius 3 is 2.55 bits per heavy atom. The molecule has 108 valence electrons. The third kappa shape index (κ3) is 2.55. The van der Waals surface area contributed by atoms with E-state index in [9.17, 15) is 14.4 Å². The predicted octanol–water partition coefficient (Wildman–Crippen LogP) is 2.96. The summed E-state index contributed by atoms with van der Waals surface area (Å²) in [5, 5.41) is 2.59. The molecular weight excluding hydrogens is 323 g/mol. The molecule has 8 heteroatoms. The molecule has 1 N–H and O–H groups in total. The number of imide groups is 1. The average Bonchev–Trinajstić information content (AvgIpc) is 2.82. The van der Waals surface area contributed by atoms with Crippen LogP contribution in [0.2, 0.25) is 8.67 Å². The zero-order valence-corrected chi connectivity index (χ0v) is 13.2. The van der Waals surface area contributed by atoms with Gasteiger partial charge in [0.1, 0.15) is 9.88 Å². The number of nitrogens with zero attached hydrogens (tertiary/aromatic N) is 1. The topological polar surface area (TPSA) is 66.5 Å². The highest BCUT2D eigenvalue weighted by molar-refractivity contribution is 7.20. The van der Waals surface area contributed by atoms with Crippen LogP contribution in [0.15, 0.2) is 6.07 Å². The number of Topliss-reactive ketones (excluding diaryl/α,β-unsaturated/α-hetero) is 1. The van der Waals surface area contributed by atoms with Crippen LogP contribution in [0.25, 0.3) is 0 Å². The molecule has 20 heavy (non-hydrogen) atoms. The number of hydrogen-bond donors (Lipinski definition) is 1. The zero-order chi connectivity index (χ0) is 15.1. The van der Waals surface area contributed by atoms with Crippen LogP contribution in [0.1, 0.15) is 30.6 Å². The van der Waals surface area contributed by atoms with E-state index in [0.29, 0.717) is 10.8 Å². The monoisotopic (exact) mass is 334 g/mol. The number of halogens is 2. The third-order valence-corrected chi connectivity index (χ3v) is 4.80. The van der Waals surface area contributed by atoms with Crippen molar-refractivity contribution in [3.05, 3.63) is 20.3 Å². The van der Waals surface area contributed by atoms with Crippen molar-refractivity contribution in [1.29, 1.82) is 0 Å². The van der Waals surface area contributed by atoms with Gasteiger partial charge in [0.15, 0.2) is 5.78 Å². The first-order valence-electron chi connectivity index (χ1n) is 5.90. The minimum Gasteiger partial charge on any atom is -0.323 e. The largest absolute Gasteiger partial charge is 0.325 e. The van der Waals surface area contributed by atoms with Gasteiger partial charge in [-0.05, 0) is 19.4 Å². The Morgan fingerprint density at radius 2 is 2.10 bits per heavy atom. The number of nitrogens with one attached hydrogen (secondary N) is 1. The molecule has 1 aliphatic rings. The van der Waals surface area contributed by atoms with E-state index < -0.39 is 23.3 Å². The lowest BCUT2D eigenvalue weighted by Crippen LogP contribution is -2.43. The van der Waals surface area contributed by atoms with Crippen molar-refractivity contribution < 1.29 is 14.4 Å². The lowest BCUT2D eigenvalue weighted by Gasteiger charge is -2.18. The number of rotatable bonds is 4. The molecule has 0 radical (unpaired) electrons. The highest BCUT2D eigenvalue weighted by Gasteiger charge is 2.47. The fraction of sp³-hybridized carbons (Fsp3) is 0.417. The fourth-order valence-electron chi connectivity index (χ4n) is 1.89. The number of ketones is 1. The van der Waals surface area contributed by atoms with E-state index >= 15 is 0 Å². The van der Waals surface area contributed by atoms with Crippen LogP contribution in [-0.2, 0) is 4.79 Å². The number of carbonyl (C=O) groups is 3. The maximum atomic E-state index is 12.2. The maximum Gasteiger partial charge on any atom is 0.325 e. The average molecular weight is 335 g/mol. The minimum absolute atomic E-state index is 0.229. The molecule has 5 nitrogen and oxygen atoms in total. The maximum absolute atomic E-state index is 12.2. The van der Waals surface area contributed by atoms with E-state index in [1.54, 1.807) is 13.8 Å². The van der Waals surface area contributed by atoms with Gasteiger partial charge in [0.25, 0.3) is 5.91 Å². The molecule has 1 fully saturated rings. The summed E-state index contributed by atoms with van der Waals surface area (Å²) in [6.45, 7) is 3.08. The van der Waals surface area contributed by atoms with E-state index in [1.165, 1.54) is 6.07 Å². The summed E-state index contributed by atoms with van der Waals surface area (Å²) in [6, 6.07) is 0.874. The molecule has 3 amide bonds. The molecule has 0 aliphatic carbocycles. The Balaban J connectivity index is 2.18. The van der Waals surface area contributed by atoms with E-state index in [1.807, 2.05) is 0 Å². The number of urea groups is 1. The molecule has 1 aliphatic heterocycles. The Kier molecular flexibility index (Phi) is 4.09. The summed E-state index contributed by atoms with van der Waals surface area (Å²) < 4.78 is 0.638. The molecule has 0 saturated carbocycles. The van der Waals surface area contributed by atoms with Gasteiger partial charge in [0.2, 0.25) is 0 Å². The molecule has 0 bridgehead atoms. The van der Waals surface area contributed by atoms with Crippen molar-refractivity contribution in [2.45, 2.75) is 25.8 Å². The predicted molar refractivity (Wildman–Crippen MR) is 77.6 cm³/mol. The fourth-order valence-corrected chi connectivity index (χ4v) is 3.39. The molecular formula is C12H12Cl2N2O3S. The summed E-state index contributed by atoms with van der Waals surface area (Å²) in [5.41, 5.74) is -0.722. The van der Waals surface area contributed by atoms with Gasteiger partial charge in [0.05, 0.1) is 16.4 Å². The first kappa shape index (κ1) is 15.3. The van der Waals surface area contributed by atoms with Gasteiger partial charge in [-0.25, -0.2) is 4.79 Å². The molecule has 2 heterocycles. The van der Waals surface area contributed by atoms with Gasteiger partial charge in [-0.3, -0.25) is 14.5 Å². The van der Waals surface area contributed by atoms with Crippen LogP contribution in [0.3, 0.4) is 0 Å². The summed E-state index contributed by atoms with van der Waals surface area (Å²) in [4.78, 5) is 37.0. The van der Waals surface area contributed by atoms with Gasteiger partial charge in [-0.1, -0.05) is 30.1 Å². The summed E-state index contributed by atoms with van der Waals surface area (Å²) in [7, 11) is 0. The Morgan fingerprint density at radius 1 is 1.45 bits per heavy atom. The Labute approximate surface area is 129 Å². The number of thiophene rings is 1. The van der Waals surface area contributed by atoms with E-state index in [4.69, 9.17) is 23.2 Å². The second-order valence-electron chi connectivity index (χ2n) is 4.67. The summed E-state index contributed by atoms with van der Waals surface area (Å²) >= 11 is 12.7. The smallest absolute Gasteiger partial charge is 0.323 e. The van der Waals surface area contributed by atoms with Gasteiger partial charge in [-0.2, -0.15) is 0 Å². The van der Waals surface area contributed by atoms with E-state index in [2.05, 4.69) is 5.32 Å². The van der Waals surface area contributed by atoms with Crippen LogP contribution in [0, 0.1) is 0 Å². The first-order chi connectivity index (χ1) is 9.28. The van der Waals surface area contributed by atoms with Crippen molar-refractivity contribution >= 4 is 52.3 Å². The molecule has 1 aromatic rings. The standard InChI is InChI=1S/C12H12Cl2N2O3S/c1-3-12(2)10(18)16(11(19)15-12)5-7(17)6-4-8(13)20-9(6)14/h4H,3,5H2,1-2H3,(H,15,19). The number of amides is 3. The first-order valence-corrected chi connectivity index (χ1v) is 7.48. The molecule has 0 spiro atoms. The van der Waals surface area contributed by atoms with Crippen LogP contribution in [-0.4, -0.2) is 34.7 Å². The van der Waals surface area contributed by atoms with Crippen LogP contribution < -0.4 is 5.32 Å². The van der Waals surface area contributed by atoms with Crippen molar-refractivity contribution in [3.8, 4) is 0 Å². The molecule has 2 rings (SSSR count). The Hall–Kier alpha value is -1.11. The lowest BCUT2D eigenvalue weighted by molar-refractivity contribution is -0.130. The SMILES string of the molecule is CCC1(C)NC(=O)N(CC(=O)c2cc(Cl)sc2Cl)C1=O. The molecule has 1 aromatic heterocycles. The van der Waals surface area contributed by atoms with Gasteiger partial charge in [-0.15, -0.1) is 11.3 Å². The zero-order valence-electron chi connectivity index (χ0n) is 10.8. The molecule has 1 saturated heterocycles. The lowest BCUT2D eigenvalue weighted by atomic mass is 9.99. The van der Waals surface area contributed by atoms with Crippen molar-refractivity contribution in [2.24, 2.45) is 0 Å². The van der Waals surface area contributed by atoms with Crippen molar-refractivity contribution in [3.63, 3.8) is 0 Å². The van der Waals surface area contributed by atoms with Crippen molar-refractivity contribution in [1.82, 2.24) is 10.2 Å². The summed E-state index contributed by atoms with van der Waals surface area (Å²) in [6.07, 6.45) is 0.452. The van der Waals surface area contributed by atoms with Gasteiger partial charge in [0, 0.05) is 0 Å². The quantitative estimate of drug-likeness (QED) is 0.679. The molecule has 1 unspecified atom stereocenters. The minimum atomic E-state index is -0.951. The normalized spacial score (nSPS) is 22.3. The van der Waals surface area contributed by atoms with Gasteiger partial charge < -0.3 is 5.32 Å². The number of carbonyl (C=O) groups excluding carboxylic acids is 3. The molecule has 1 atom stereocenters. The van der Waals surface area contributed by atoms with Gasteiger partial charge >= 0.3 is 6.03 Å². The van der Waals surface area contributed by atoms with Crippen molar-refractivity contribution in [2.75, 3.05) is 6.54 Å². The van der Waals surface area contributed by atoms with Crippen LogP contribution >= 0.6 is 34.5 Å². The van der Waals surface area contributed by atoms with E-state index in [0.717, 1.165) is 16.2 Å². The Bertz CT molecular complexity index is 602. The second kappa shape index (κ2) is 5.35. The number of hydrogen-bond acceptors (Lipinski definition) is 4. The van der Waals surface area contributed by atoms with Crippen LogP contribution in [0.5, 0.6) is 0 Å². The second-order valence-corrected chi connectivity index (χ2v) is 6.95.